The Bertz CT molecular complexity index is 1480. The normalized spacial score (nSPS) is 13.3. The van der Waals surface area contributed by atoms with Crippen molar-refractivity contribution in [3.05, 3.63) is 71.2 Å². The molecule has 0 bridgehead atoms. The van der Waals surface area contributed by atoms with Crippen LogP contribution in [-0.4, -0.2) is 63.1 Å². The van der Waals surface area contributed by atoms with Crippen LogP contribution in [0.4, 0.5) is 10.2 Å². The number of nitrogens with zero attached hydrogens (tertiary/aromatic N) is 2. The molecule has 0 saturated carbocycles. The molecule has 2 amide bonds. The number of rotatable bonds is 7. The fourth-order valence-electron chi connectivity index (χ4n) is 4.34. The Labute approximate surface area is 220 Å². The number of benzene rings is 2. The maximum atomic E-state index is 15.0. The quantitative estimate of drug-likeness (QED) is 0.473. The van der Waals surface area contributed by atoms with Gasteiger partial charge in [-0.2, -0.15) is 0 Å². The topological polar surface area (TPSA) is 118 Å². The lowest BCUT2D eigenvalue weighted by Crippen LogP contribution is -2.33. The number of anilines is 1. The summed E-state index contributed by atoms with van der Waals surface area (Å²) in [6, 6.07) is 11.7. The zero-order valence-electron chi connectivity index (χ0n) is 21.4. The number of pyridine rings is 1. The lowest BCUT2D eigenvalue weighted by atomic mass is 10.0. The minimum Gasteiger partial charge on any atom is -0.491 e. The predicted octanol–water partition coefficient (Wildman–Crippen LogP) is 3.05. The van der Waals surface area contributed by atoms with E-state index in [1.165, 1.54) is 6.07 Å². The van der Waals surface area contributed by atoms with Crippen molar-refractivity contribution >= 4 is 27.5 Å². The van der Waals surface area contributed by atoms with Crippen LogP contribution in [0.5, 0.6) is 5.75 Å². The Morgan fingerprint density at radius 1 is 1.13 bits per heavy atom. The van der Waals surface area contributed by atoms with E-state index in [0.29, 0.717) is 11.6 Å². The lowest BCUT2D eigenvalue weighted by molar-refractivity contribution is -0.115. The summed E-state index contributed by atoms with van der Waals surface area (Å²) in [6.07, 6.45) is 2.76. The number of nitrogens with one attached hydrogen (secondary N) is 2. The van der Waals surface area contributed by atoms with Crippen LogP contribution in [0, 0.1) is 5.82 Å². The largest absolute Gasteiger partial charge is 0.491 e. The molecule has 38 heavy (non-hydrogen) atoms. The number of halogens is 1. The van der Waals surface area contributed by atoms with Crippen LogP contribution in [0.3, 0.4) is 0 Å². The van der Waals surface area contributed by atoms with Gasteiger partial charge in [-0.15, -0.1) is 0 Å². The fourth-order valence-corrected chi connectivity index (χ4v) is 5.10. The number of hydrogen-bond donors (Lipinski definition) is 2. The van der Waals surface area contributed by atoms with Gasteiger partial charge in [-0.05, 0) is 55.4 Å². The van der Waals surface area contributed by atoms with E-state index in [9.17, 15) is 18.0 Å². The minimum absolute atomic E-state index is 0.0741. The third-order valence-corrected chi connectivity index (χ3v) is 7.33. The molecule has 0 fully saturated rings. The molecule has 0 atom stereocenters. The summed E-state index contributed by atoms with van der Waals surface area (Å²) < 4.78 is 44.8. The van der Waals surface area contributed by atoms with Crippen molar-refractivity contribution in [1.82, 2.24) is 15.2 Å². The van der Waals surface area contributed by atoms with Crippen molar-refractivity contribution in [2.45, 2.75) is 24.8 Å². The van der Waals surface area contributed by atoms with Crippen LogP contribution in [-0.2, 0) is 27.6 Å². The number of hydrogen-bond acceptors (Lipinski definition) is 7. The molecule has 1 aromatic heterocycles. The Hall–Kier alpha value is -3.83. The highest BCUT2D eigenvalue weighted by atomic mass is 32.2. The monoisotopic (exact) mass is 540 g/mol. The molecule has 0 spiro atoms. The predicted molar refractivity (Wildman–Crippen MR) is 141 cm³/mol. The highest BCUT2D eigenvalue weighted by Gasteiger charge is 2.27. The second kappa shape index (κ2) is 11.3. The van der Waals surface area contributed by atoms with E-state index < -0.39 is 26.5 Å². The van der Waals surface area contributed by atoms with Crippen molar-refractivity contribution in [2.24, 2.45) is 0 Å². The molecule has 3 aromatic rings. The van der Waals surface area contributed by atoms with E-state index in [1.807, 2.05) is 24.3 Å². The van der Waals surface area contributed by atoms with E-state index in [0.717, 1.165) is 29.0 Å². The van der Waals surface area contributed by atoms with E-state index in [4.69, 9.17) is 4.74 Å². The Kier molecular flexibility index (Phi) is 8.08. The van der Waals surface area contributed by atoms with Crippen LogP contribution in [0.2, 0.25) is 0 Å². The van der Waals surface area contributed by atoms with Gasteiger partial charge in [0, 0.05) is 41.3 Å². The van der Waals surface area contributed by atoms with E-state index in [2.05, 4.69) is 15.6 Å². The van der Waals surface area contributed by atoms with Crippen molar-refractivity contribution in [3.8, 4) is 16.9 Å². The highest BCUT2D eigenvalue weighted by molar-refractivity contribution is 7.90. The zero-order valence-corrected chi connectivity index (χ0v) is 22.2. The molecule has 11 heteroatoms. The van der Waals surface area contributed by atoms with Gasteiger partial charge in [-0.25, -0.2) is 17.8 Å². The molecule has 2 heterocycles. The maximum Gasteiger partial charge on any atom is 0.254 e. The molecule has 2 aromatic carbocycles. The Morgan fingerprint density at radius 2 is 1.89 bits per heavy atom. The van der Waals surface area contributed by atoms with Crippen LogP contribution in [0.15, 0.2) is 53.6 Å². The number of sulfone groups is 1. The number of ether oxygens (including phenoxy) is 1. The standard InChI is InChI=1S/C27H29FN4O5S/c1-4-20-21(7-9-23(26(20)28)38(3,35)36)27(34)32-11-12-37-22-8-5-17(13-19(22)16-32)18-6-10-24(30-14-18)31-25(33)15-29-2/h5-10,13-14,29H,4,11-12,15-16H2,1-3H3,(H,30,31,33). The van der Waals surface area contributed by atoms with Gasteiger partial charge in [0.25, 0.3) is 5.91 Å². The lowest BCUT2D eigenvalue weighted by Gasteiger charge is -2.22. The van der Waals surface area contributed by atoms with Gasteiger partial charge in [0.1, 0.15) is 28.9 Å². The molecule has 200 valence electrons. The second-order valence-corrected chi connectivity index (χ2v) is 10.9. The van der Waals surface area contributed by atoms with E-state index in [-0.39, 0.29) is 49.7 Å². The van der Waals surface area contributed by atoms with Crippen molar-refractivity contribution < 1.29 is 27.1 Å². The zero-order chi connectivity index (χ0) is 27.4. The van der Waals surface area contributed by atoms with Gasteiger partial charge in [0.2, 0.25) is 5.91 Å². The first-order valence-corrected chi connectivity index (χ1v) is 14.0. The van der Waals surface area contributed by atoms with E-state index in [1.54, 1.807) is 31.1 Å². The van der Waals surface area contributed by atoms with Gasteiger partial charge in [-0.1, -0.05) is 13.0 Å². The molecule has 4 rings (SSSR count). The van der Waals surface area contributed by atoms with Crippen LogP contribution in [0.1, 0.15) is 28.4 Å². The van der Waals surface area contributed by atoms with Gasteiger partial charge < -0.3 is 20.3 Å². The van der Waals surface area contributed by atoms with Crippen molar-refractivity contribution in [1.29, 1.82) is 0 Å². The Balaban J connectivity index is 1.59. The Morgan fingerprint density at radius 3 is 2.55 bits per heavy atom. The second-order valence-electron chi connectivity index (χ2n) is 8.94. The number of carbonyl (C=O) groups excluding carboxylic acids is 2. The first-order chi connectivity index (χ1) is 18.1. The first kappa shape index (κ1) is 27.2. The molecular formula is C27H29FN4O5S. The highest BCUT2D eigenvalue weighted by Crippen LogP contribution is 2.31. The van der Waals surface area contributed by atoms with Gasteiger partial charge >= 0.3 is 0 Å². The van der Waals surface area contributed by atoms with Gasteiger partial charge in [-0.3, -0.25) is 9.59 Å². The molecule has 2 N–H and O–H groups in total. The van der Waals surface area contributed by atoms with Crippen LogP contribution >= 0.6 is 0 Å². The van der Waals surface area contributed by atoms with Gasteiger partial charge in [0.05, 0.1) is 13.1 Å². The fraction of sp³-hybridized carbons (Fsp3) is 0.296. The van der Waals surface area contributed by atoms with Crippen molar-refractivity contribution in [3.63, 3.8) is 0 Å². The van der Waals surface area contributed by atoms with Gasteiger partial charge in [0.15, 0.2) is 9.84 Å². The van der Waals surface area contributed by atoms with Crippen LogP contribution in [0.25, 0.3) is 11.1 Å². The average Bonchev–Trinajstić information content (AvgIpc) is 3.10. The van der Waals surface area contributed by atoms with E-state index >= 15 is 4.39 Å². The third kappa shape index (κ3) is 5.84. The smallest absolute Gasteiger partial charge is 0.254 e. The molecule has 0 radical (unpaired) electrons. The minimum atomic E-state index is -3.77. The number of fused-ring (bicyclic) bond motifs is 1. The molecule has 0 aliphatic carbocycles. The average molecular weight is 541 g/mol. The number of aromatic nitrogens is 1. The molecule has 1 aliphatic heterocycles. The summed E-state index contributed by atoms with van der Waals surface area (Å²) in [7, 11) is -2.09. The van der Waals surface area contributed by atoms with Crippen molar-refractivity contribution in [2.75, 3.05) is 38.3 Å². The molecule has 0 unspecified atom stereocenters. The first-order valence-electron chi connectivity index (χ1n) is 12.1. The van der Waals surface area contributed by atoms with Crippen LogP contribution < -0.4 is 15.4 Å². The maximum absolute atomic E-state index is 15.0. The SMILES string of the molecule is CCc1c(C(=O)N2CCOc3ccc(-c4ccc(NC(=O)CNC)nc4)cc3C2)ccc(S(C)(=O)=O)c1F. The third-order valence-electron chi connectivity index (χ3n) is 6.22. The number of carbonyl (C=O) groups is 2. The summed E-state index contributed by atoms with van der Waals surface area (Å²) in [5.41, 5.74) is 2.64. The summed E-state index contributed by atoms with van der Waals surface area (Å²) in [4.78, 5) is 30.7. The summed E-state index contributed by atoms with van der Waals surface area (Å²) >= 11 is 0. The number of likely N-dealkylation sites (N-methyl/N-ethyl adjacent to an activating group) is 1. The summed E-state index contributed by atoms with van der Waals surface area (Å²) in [5.74, 6) is -0.401. The molecular weight excluding hydrogens is 511 g/mol. The summed E-state index contributed by atoms with van der Waals surface area (Å²) in [5, 5.41) is 5.48. The number of amides is 2. The molecule has 1 aliphatic rings. The molecule has 0 saturated heterocycles. The molecule has 9 nitrogen and oxygen atoms in total. The summed E-state index contributed by atoms with van der Waals surface area (Å²) in [6.45, 7) is 2.62.